The average molecular weight is 247 g/mol. The molecule has 0 bridgehead atoms. The Labute approximate surface area is 89.4 Å². The fourth-order valence-electron chi connectivity index (χ4n) is 3.00. The van der Waals surface area contributed by atoms with Gasteiger partial charge >= 0.3 is 0 Å². The maximum atomic E-state index is 5.46. The predicted molar refractivity (Wildman–Crippen MR) is 58.2 cm³/mol. The van der Waals surface area contributed by atoms with Crippen LogP contribution >= 0.6 is 15.9 Å². The van der Waals surface area contributed by atoms with E-state index in [-0.39, 0.29) is 0 Å². The number of alkyl halides is 1. The quantitative estimate of drug-likeness (QED) is 0.645. The van der Waals surface area contributed by atoms with Gasteiger partial charge in [-0.15, -0.1) is 0 Å². The van der Waals surface area contributed by atoms with Crippen molar-refractivity contribution in [1.82, 2.24) is 0 Å². The molecule has 0 aromatic heterocycles. The molecule has 0 saturated heterocycles. The van der Waals surface area contributed by atoms with Crippen molar-refractivity contribution < 1.29 is 4.74 Å². The Balaban J connectivity index is 1.90. The summed E-state index contributed by atoms with van der Waals surface area (Å²) in [6.45, 7) is 0. The molecule has 13 heavy (non-hydrogen) atoms. The number of hydrogen-bond donors (Lipinski definition) is 0. The summed E-state index contributed by atoms with van der Waals surface area (Å²) in [5.74, 6) is 1.96. The second kappa shape index (κ2) is 4.31. The molecular formula is C11H19BrO. The Morgan fingerprint density at radius 3 is 2.46 bits per heavy atom. The molecule has 2 aliphatic rings. The molecule has 0 aromatic rings. The van der Waals surface area contributed by atoms with Gasteiger partial charge in [-0.1, -0.05) is 15.9 Å². The Bertz CT molecular complexity index is 171. The molecule has 0 radical (unpaired) electrons. The fraction of sp³-hybridized carbons (Fsp3) is 1.00. The molecule has 2 aliphatic carbocycles. The van der Waals surface area contributed by atoms with Crippen LogP contribution in [0.2, 0.25) is 0 Å². The van der Waals surface area contributed by atoms with Gasteiger partial charge in [0.25, 0.3) is 0 Å². The standard InChI is InChI=1S/C11H19BrO/c1-13-11-5-3-8-6-10(12)4-2-9(8)7-11/h8-11H,2-7H2,1H3. The minimum absolute atomic E-state index is 0.563. The molecule has 2 rings (SSSR count). The van der Waals surface area contributed by atoms with Crippen molar-refractivity contribution in [2.75, 3.05) is 7.11 Å². The normalized spacial score (nSPS) is 45.7. The van der Waals surface area contributed by atoms with Gasteiger partial charge in [0.2, 0.25) is 0 Å². The molecular weight excluding hydrogens is 228 g/mol. The van der Waals surface area contributed by atoms with Crippen molar-refractivity contribution in [2.24, 2.45) is 11.8 Å². The van der Waals surface area contributed by atoms with Gasteiger partial charge in [-0.2, -0.15) is 0 Å². The van der Waals surface area contributed by atoms with E-state index in [9.17, 15) is 0 Å². The predicted octanol–water partition coefficient (Wildman–Crippen LogP) is 3.37. The third-order valence-corrected chi connectivity index (χ3v) is 4.67. The van der Waals surface area contributed by atoms with Gasteiger partial charge < -0.3 is 4.74 Å². The maximum Gasteiger partial charge on any atom is 0.0574 e. The maximum absolute atomic E-state index is 5.46. The number of halogens is 1. The van der Waals surface area contributed by atoms with E-state index in [1.165, 1.54) is 38.5 Å². The minimum atomic E-state index is 0.563. The monoisotopic (exact) mass is 246 g/mol. The van der Waals surface area contributed by atoms with E-state index in [1.807, 2.05) is 7.11 Å². The Morgan fingerprint density at radius 2 is 1.69 bits per heavy atom. The van der Waals surface area contributed by atoms with Crippen molar-refractivity contribution in [2.45, 2.75) is 49.5 Å². The van der Waals surface area contributed by atoms with Crippen LogP contribution in [0.3, 0.4) is 0 Å². The lowest BCUT2D eigenvalue weighted by Crippen LogP contribution is -2.33. The number of ether oxygens (including phenoxy) is 1. The van der Waals surface area contributed by atoms with Crippen LogP contribution in [0.1, 0.15) is 38.5 Å². The highest BCUT2D eigenvalue weighted by atomic mass is 79.9. The van der Waals surface area contributed by atoms with Gasteiger partial charge in [0.05, 0.1) is 6.10 Å². The summed E-state index contributed by atoms with van der Waals surface area (Å²) in [6.07, 6.45) is 8.76. The van der Waals surface area contributed by atoms with Gasteiger partial charge in [-0.25, -0.2) is 0 Å². The summed E-state index contributed by atoms with van der Waals surface area (Å²) >= 11 is 3.75. The lowest BCUT2D eigenvalue weighted by atomic mass is 9.70. The van der Waals surface area contributed by atoms with Crippen LogP contribution in [0.4, 0.5) is 0 Å². The van der Waals surface area contributed by atoms with Crippen molar-refractivity contribution in [1.29, 1.82) is 0 Å². The molecule has 1 nitrogen and oxygen atoms in total. The summed E-state index contributed by atoms with van der Waals surface area (Å²) in [7, 11) is 1.86. The Morgan fingerprint density at radius 1 is 1.00 bits per heavy atom. The SMILES string of the molecule is COC1CCC2CC(Br)CCC2C1. The first-order valence-corrected chi connectivity index (χ1v) is 6.38. The second-order valence-electron chi connectivity index (χ2n) is 4.60. The zero-order chi connectivity index (χ0) is 9.26. The minimum Gasteiger partial charge on any atom is -0.381 e. The largest absolute Gasteiger partial charge is 0.381 e. The molecule has 2 fully saturated rings. The number of hydrogen-bond acceptors (Lipinski definition) is 1. The molecule has 4 atom stereocenters. The van der Waals surface area contributed by atoms with E-state index in [0.29, 0.717) is 6.10 Å². The van der Waals surface area contributed by atoms with Crippen molar-refractivity contribution in [3.63, 3.8) is 0 Å². The van der Waals surface area contributed by atoms with Crippen molar-refractivity contribution >= 4 is 15.9 Å². The first-order chi connectivity index (χ1) is 6.29. The molecule has 76 valence electrons. The highest BCUT2D eigenvalue weighted by molar-refractivity contribution is 9.09. The highest BCUT2D eigenvalue weighted by Crippen LogP contribution is 2.42. The smallest absolute Gasteiger partial charge is 0.0574 e. The molecule has 2 saturated carbocycles. The third kappa shape index (κ3) is 2.27. The van der Waals surface area contributed by atoms with Crippen molar-refractivity contribution in [3.05, 3.63) is 0 Å². The van der Waals surface area contributed by atoms with Crippen LogP contribution < -0.4 is 0 Å². The van der Waals surface area contributed by atoms with E-state index in [2.05, 4.69) is 15.9 Å². The van der Waals surface area contributed by atoms with E-state index in [0.717, 1.165) is 16.7 Å². The number of methoxy groups -OCH3 is 1. The number of rotatable bonds is 1. The van der Waals surface area contributed by atoms with Crippen LogP contribution in [0, 0.1) is 11.8 Å². The zero-order valence-electron chi connectivity index (χ0n) is 8.34. The molecule has 0 aromatic carbocycles. The second-order valence-corrected chi connectivity index (χ2v) is 5.90. The summed E-state index contributed by atoms with van der Waals surface area (Å²) in [5.41, 5.74) is 0. The summed E-state index contributed by atoms with van der Waals surface area (Å²) in [6, 6.07) is 0. The van der Waals surface area contributed by atoms with Crippen LogP contribution in [0.5, 0.6) is 0 Å². The molecule has 2 heteroatoms. The molecule has 4 unspecified atom stereocenters. The zero-order valence-corrected chi connectivity index (χ0v) is 9.92. The molecule has 0 aliphatic heterocycles. The van der Waals surface area contributed by atoms with Gasteiger partial charge in [-0.3, -0.25) is 0 Å². The third-order valence-electron chi connectivity index (χ3n) is 3.83. The van der Waals surface area contributed by atoms with Crippen LogP contribution in [0.15, 0.2) is 0 Å². The van der Waals surface area contributed by atoms with Gasteiger partial charge in [0.15, 0.2) is 0 Å². The van der Waals surface area contributed by atoms with Crippen molar-refractivity contribution in [3.8, 4) is 0 Å². The van der Waals surface area contributed by atoms with E-state index < -0.39 is 0 Å². The molecule has 0 heterocycles. The van der Waals surface area contributed by atoms with Gasteiger partial charge in [0, 0.05) is 11.9 Å². The lowest BCUT2D eigenvalue weighted by Gasteiger charge is -2.40. The van der Waals surface area contributed by atoms with Gasteiger partial charge in [0.1, 0.15) is 0 Å². The summed E-state index contributed by atoms with van der Waals surface area (Å²) < 4.78 is 5.46. The molecule has 0 spiro atoms. The Hall–Kier alpha value is 0.440. The van der Waals surface area contributed by atoms with Crippen LogP contribution in [-0.4, -0.2) is 18.0 Å². The Kier molecular flexibility index (Phi) is 3.31. The lowest BCUT2D eigenvalue weighted by molar-refractivity contribution is 0.0167. The van der Waals surface area contributed by atoms with E-state index in [1.54, 1.807) is 0 Å². The highest BCUT2D eigenvalue weighted by Gasteiger charge is 2.34. The topological polar surface area (TPSA) is 9.23 Å². The summed E-state index contributed by atoms with van der Waals surface area (Å²) in [5, 5.41) is 0. The first-order valence-electron chi connectivity index (χ1n) is 5.46. The fourth-order valence-corrected chi connectivity index (χ4v) is 3.75. The first kappa shape index (κ1) is 9.97. The van der Waals surface area contributed by atoms with Crippen LogP contribution in [-0.2, 0) is 4.74 Å². The van der Waals surface area contributed by atoms with Crippen LogP contribution in [0.25, 0.3) is 0 Å². The molecule has 0 N–H and O–H groups in total. The molecule has 0 amide bonds. The van der Waals surface area contributed by atoms with E-state index >= 15 is 0 Å². The summed E-state index contributed by atoms with van der Waals surface area (Å²) in [4.78, 5) is 0.799. The average Bonchev–Trinajstić information content (AvgIpc) is 2.17. The van der Waals surface area contributed by atoms with E-state index in [4.69, 9.17) is 4.74 Å². The number of fused-ring (bicyclic) bond motifs is 1. The van der Waals surface area contributed by atoms with Gasteiger partial charge in [-0.05, 0) is 50.4 Å².